The Hall–Kier alpha value is -2.80. The number of carbonyl (C=O) groups is 1. The van der Waals surface area contributed by atoms with Crippen LogP contribution < -0.4 is 19.6 Å². The maximum absolute atomic E-state index is 13.5. The van der Waals surface area contributed by atoms with Gasteiger partial charge in [-0.2, -0.15) is 5.10 Å². The van der Waals surface area contributed by atoms with Crippen molar-refractivity contribution in [2.75, 3.05) is 6.79 Å². The number of amides is 1. The van der Waals surface area contributed by atoms with Crippen molar-refractivity contribution in [1.82, 2.24) is 5.43 Å². The maximum Gasteiger partial charge on any atom is 0.280 e. The number of ether oxygens (including phenoxy) is 3. The molecule has 8 heteroatoms. The number of hydrazone groups is 1. The Balaban J connectivity index is 1.59. The molecule has 0 spiro atoms. The van der Waals surface area contributed by atoms with Crippen LogP contribution in [0.5, 0.6) is 17.2 Å². The van der Waals surface area contributed by atoms with Gasteiger partial charge in [-0.25, -0.2) is 9.82 Å². The van der Waals surface area contributed by atoms with Crippen LogP contribution in [0, 0.1) is 5.82 Å². The monoisotopic (exact) mass is 364 g/mol. The fourth-order valence-electron chi connectivity index (χ4n) is 2.11. The van der Waals surface area contributed by atoms with Crippen LogP contribution in [0.15, 0.2) is 41.5 Å². The molecule has 0 bridgehead atoms. The summed E-state index contributed by atoms with van der Waals surface area (Å²) < 4.78 is 29.2. The number of hydrogen-bond acceptors (Lipinski definition) is 5. The summed E-state index contributed by atoms with van der Waals surface area (Å²) in [6.07, 6.45) is 0.482. The molecule has 1 N–H and O–H groups in total. The molecule has 0 fully saturated rings. The van der Waals surface area contributed by atoms with E-state index < -0.39 is 17.8 Å². The Morgan fingerprint density at radius 1 is 1.40 bits per heavy atom. The maximum atomic E-state index is 13.5. The molecule has 25 heavy (non-hydrogen) atoms. The first kappa shape index (κ1) is 17.0. The van der Waals surface area contributed by atoms with E-state index in [2.05, 4.69) is 10.5 Å². The van der Waals surface area contributed by atoms with Crippen LogP contribution in [0.4, 0.5) is 4.39 Å². The number of rotatable bonds is 5. The second-order valence-corrected chi connectivity index (χ2v) is 5.57. The lowest BCUT2D eigenvalue weighted by Gasteiger charge is -2.13. The highest BCUT2D eigenvalue weighted by molar-refractivity contribution is 6.32. The van der Waals surface area contributed by atoms with E-state index in [-0.39, 0.29) is 12.5 Å². The van der Waals surface area contributed by atoms with Crippen molar-refractivity contribution in [3.8, 4) is 17.2 Å². The zero-order chi connectivity index (χ0) is 17.8. The van der Waals surface area contributed by atoms with Crippen LogP contribution in [0.3, 0.4) is 0 Å². The molecule has 1 aliphatic heterocycles. The summed E-state index contributed by atoms with van der Waals surface area (Å²) in [5.74, 6) is -0.0741. The van der Waals surface area contributed by atoms with Gasteiger partial charge in [-0.1, -0.05) is 23.7 Å². The van der Waals surface area contributed by atoms with Gasteiger partial charge >= 0.3 is 0 Å². The van der Waals surface area contributed by atoms with Gasteiger partial charge in [0.2, 0.25) is 6.79 Å². The molecule has 0 aromatic heterocycles. The lowest BCUT2D eigenvalue weighted by atomic mass is 10.2. The number of benzene rings is 2. The third-order valence-electron chi connectivity index (χ3n) is 3.35. The minimum Gasteiger partial charge on any atom is -0.478 e. The first-order valence-corrected chi connectivity index (χ1v) is 7.75. The van der Waals surface area contributed by atoms with Crippen LogP contribution in [0.1, 0.15) is 12.5 Å². The molecular weight excluding hydrogens is 351 g/mol. The number of hydrogen-bond donors (Lipinski definition) is 1. The third-order valence-corrected chi connectivity index (χ3v) is 3.63. The standard InChI is InChI=1S/C17H14ClFN2O4/c1-10(25-14-5-3-2-4-13(14)19)17(22)21-20-8-11-6-12(18)16-15(7-11)23-9-24-16/h2-8,10H,9H2,1H3,(H,21,22)/b20-8-/t10-/m0/s1. The van der Waals surface area contributed by atoms with Crippen molar-refractivity contribution in [3.05, 3.63) is 52.8 Å². The highest BCUT2D eigenvalue weighted by Crippen LogP contribution is 2.39. The smallest absolute Gasteiger partial charge is 0.280 e. The molecule has 1 amide bonds. The first-order chi connectivity index (χ1) is 12.0. The van der Waals surface area contributed by atoms with E-state index in [4.69, 9.17) is 25.8 Å². The Labute approximate surface area is 148 Å². The molecular formula is C17H14ClFN2O4. The summed E-state index contributed by atoms with van der Waals surface area (Å²) in [5.41, 5.74) is 2.95. The molecule has 0 saturated heterocycles. The number of nitrogens with one attached hydrogen (secondary N) is 1. The summed E-state index contributed by atoms with van der Waals surface area (Å²) in [6.45, 7) is 1.60. The van der Waals surface area contributed by atoms with Crippen molar-refractivity contribution < 1.29 is 23.4 Å². The Morgan fingerprint density at radius 2 is 2.20 bits per heavy atom. The van der Waals surface area contributed by atoms with Crippen molar-refractivity contribution in [1.29, 1.82) is 0 Å². The molecule has 0 saturated carbocycles. The number of carbonyl (C=O) groups excluding carboxylic acids is 1. The molecule has 2 aromatic carbocycles. The summed E-state index contributed by atoms with van der Waals surface area (Å²) in [7, 11) is 0. The summed E-state index contributed by atoms with van der Waals surface area (Å²) in [4.78, 5) is 12.0. The molecule has 3 rings (SSSR count). The lowest BCUT2D eigenvalue weighted by molar-refractivity contribution is -0.127. The zero-order valence-electron chi connectivity index (χ0n) is 13.2. The van der Waals surface area contributed by atoms with Gasteiger partial charge in [0.05, 0.1) is 11.2 Å². The predicted molar refractivity (Wildman–Crippen MR) is 89.8 cm³/mol. The van der Waals surface area contributed by atoms with Crippen molar-refractivity contribution in [2.24, 2.45) is 5.10 Å². The van der Waals surface area contributed by atoms with Crippen LogP contribution in [0.25, 0.3) is 0 Å². The molecule has 1 atom stereocenters. The topological polar surface area (TPSA) is 69.2 Å². The van der Waals surface area contributed by atoms with E-state index in [1.807, 2.05) is 0 Å². The molecule has 1 aliphatic rings. The van der Waals surface area contributed by atoms with Crippen molar-refractivity contribution >= 4 is 23.7 Å². The highest BCUT2D eigenvalue weighted by Gasteiger charge is 2.18. The average molecular weight is 365 g/mol. The molecule has 0 radical (unpaired) electrons. The van der Waals surface area contributed by atoms with E-state index >= 15 is 0 Å². The quantitative estimate of drug-likeness (QED) is 0.653. The summed E-state index contributed by atoms with van der Waals surface area (Å²) >= 11 is 6.06. The van der Waals surface area contributed by atoms with Crippen LogP contribution in [0.2, 0.25) is 5.02 Å². The highest BCUT2D eigenvalue weighted by atomic mass is 35.5. The summed E-state index contributed by atoms with van der Waals surface area (Å²) in [6, 6.07) is 9.16. The third kappa shape index (κ3) is 4.00. The number of halogens is 2. The first-order valence-electron chi connectivity index (χ1n) is 7.38. The average Bonchev–Trinajstić information content (AvgIpc) is 3.06. The van der Waals surface area contributed by atoms with E-state index in [0.29, 0.717) is 22.1 Å². The Bertz CT molecular complexity index is 828. The van der Waals surface area contributed by atoms with Gasteiger partial charge < -0.3 is 14.2 Å². The number of para-hydroxylation sites is 1. The molecule has 1 heterocycles. The van der Waals surface area contributed by atoms with Gasteiger partial charge in [-0.15, -0.1) is 0 Å². The van der Waals surface area contributed by atoms with Crippen LogP contribution >= 0.6 is 11.6 Å². The second-order valence-electron chi connectivity index (χ2n) is 5.16. The minimum atomic E-state index is -0.922. The normalized spacial score (nSPS) is 13.7. The van der Waals surface area contributed by atoms with Gasteiger partial charge in [0.1, 0.15) is 0 Å². The minimum absolute atomic E-state index is 0.00307. The van der Waals surface area contributed by atoms with Gasteiger partial charge in [0.15, 0.2) is 29.2 Å². The molecule has 0 aliphatic carbocycles. The molecule has 0 unspecified atom stereocenters. The van der Waals surface area contributed by atoms with E-state index in [1.165, 1.54) is 31.3 Å². The van der Waals surface area contributed by atoms with E-state index in [1.54, 1.807) is 18.2 Å². The molecule has 130 valence electrons. The van der Waals surface area contributed by atoms with Gasteiger partial charge in [0, 0.05) is 0 Å². The van der Waals surface area contributed by atoms with Crippen molar-refractivity contribution in [3.63, 3.8) is 0 Å². The van der Waals surface area contributed by atoms with Crippen LogP contribution in [-0.2, 0) is 4.79 Å². The fraction of sp³-hybridized carbons (Fsp3) is 0.176. The predicted octanol–water partition coefficient (Wildman–Crippen LogP) is 3.13. The molecule has 2 aromatic rings. The number of nitrogens with zero attached hydrogens (tertiary/aromatic N) is 1. The van der Waals surface area contributed by atoms with E-state index in [9.17, 15) is 9.18 Å². The van der Waals surface area contributed by atoms with E-state index in [0.717, 1.165) is 0 Å². The Kier molecular flexibility index (Phi) is 5.04. The van der Waals surface area contributed by atoms with Crippen LogP contribution in [-0.4, -0.2) is 25.0 Å². The lowest BCUT2D eigenvalue weighted by Crippen LogP contribution is -2.33. The summed E-state index contributed by atoms with van der Waals surface area (Å²) in [5, 5.41) is 4.23. The zero-order valence-corrected chi connectivity index (χ0v) is 13.9. The molecule has 6 nitrogen and oxygen atoms in total. The SMILES string of the molecule is C[C@H](Oc1ccccc1F)C(=O)N/N=C\c1cc(Cl)c2c(c1)OCO2. The van der Waals surface area contributed by atoms with Gasteiger partial charge in [-0.05, 0) is 36.8 Å². The van der Waals surface area contributed by atoms with Gasteiger partial charge in [-0.3, -0.25) is 4.79 Å². The number of fused-ring (bicyclic) bond motifs is 1. The van der Waals surface area contributed by atoms with Crippen molar-refractivity contribution in [2.45, 2.75) is 13.0 Å². The Morgan fingerprint density at radius 3 is 3.00 bits per heavy atom. The fourth-order valence-corrected chi connectivity index (χ4v) is 2.38. The van der Waals surface area contributed by atoms with Gasteiger partial charge in [0.25, 0.3) is 5.91 Å². The largest absolute Gasteiger partial charge is 0.478 e. The second kappa shape index (κ2) is 7.40.